The Kier molecular flexibility index (Phi) is 10.5. The number of nitrogens with zero attached hydrogens (tertiary/aromatic N) is 8. The molecule has 20 heteroatoms. The van der Waals surface area contributed by atoms with Gasteiger partial charge in [-0.15, -0.1) is 10.2 Å². The van der Waals surface area contributed by atoms with Crippen molar-refractivity contribution >= 4 is 23.7 Å². The molecule has 12 nitrogen and oxygen atoms in total. The van der Waals surface area contributed by atoms with Crippen LogP contribution in [-0.2, 0) is 16.1 Å². The number of tetrazole rings is 1. The lowest BCUT2D eigenvalue weighted by molar-refractivity contribution is -0.143. The summed E-state index contributed by atoms with van der Waals surface area (Å²) in [5.74, 6) is -4.46. The zero-order valence-electron chi connectivity index (χ0n) is 23.6. The summed E-state index contributed by atoms with van der Waals surface area (Å²) in [6, 6.07) is -3.14. The molecule has 4 rings (SSSR count). The molecule has 0 aromatic carbocycles. The summed E-state index contributed by atoms with van der Waals surface area (Å²) in [7, 11) is 0. The monoisotopic (exact) mass is 652 g/mol. The van der Waals surface area contributed by atoms with E-state index < -0.39 is 78.9 Å². The number of rotatable bonds is 11. The normalized spacial score (nSPS) is 18.5. The molecule has 45 heavy (non-hydrogen) atoms. The van der Waals surface area contributed by atoms with Crippen molar-refractivity contribution in [1.29, 1.82) is 0 Å². The number of carbonyl (C=O) groups is 2. The number of aliphatic imine (C=N–C) groups is 1. The topological polar surface area (TPSA) is 135 Å². The number of allylic oxidation sites excluding steroid dienone is 1. The molecule has 0 saturated heterocycles. The fraction of sp³-hybridized carbons (Fsp3) is 0.560. The Bertz CT molecular complexity index is 1450. The molecular formula is C25H28F8N10O2. The fourth-order valence-corrected chi connectivity index (χ4v) is 5.02. The minimum atomic E-state index is -4.81. The van der Waals surface area contributed by atoms with Crippen LogP contribution < -0.4 is 10.6 Å². The third-order valence-electron chi connectivity index (χ3n) is 7.28. The summed E-state index contributed by atoms with van der Waals surface area (Å²) in [4.78, 5) is 32.4. The first-order chi connectivity index (χ1) is 21.3. The Morgan fingerprint density at radius 1 is 1.16 bits per heavy atom. The number of alkyl halides is 5. The van der Waals surface area contributed by atoms with Gasteiger partial charge >= 0.3 is 6.18 Å². The Hall–Kier alpha value is -4.39. The molecule has 2 unspecified atom stereocenters. The molecule has 0 radical (unpaired) electrons. The molecule has 0 bridgehead atoms. The fourth-order valence-electron chi connectivity index (χ4n) is 5.02. The van der Waals surface area contributed by atoms with Crippen LogP contribution in [0.2, 0.25) is 0 Å². The zero-order chi connectivity index (χ0) is 32.9. The molecule has 2 aliphatic rings. The molecule has 246 valence electrons. The average Bonchev–Trinajstić information content (AvgIpc) is 3.59. The summed E-state index contributed by atoms with van der Waals surface area (Å²) in [6.07, 6.45) is -7.10. The molecule has 1 aliphatic heterocycles. The number of anilines is 1. The van der Waals surface area contributed by atoms with Gasteiger partial charge in [-0.3, -0.25) is 19.3 Å². The minimum Gasteiger partial charge on any atom is -0.370 e. The summed E-state index contributed by atoms with van der Waals surface area (Å²) in [6.45, 7) is 1.13. The average molecular weight is 653 g/mol. The van der Waals surface area contributed by atoms with E-state index in [4.69, 9.17) is 0 Å². The van der Waals surface area contributed by atoms with Crippen molar-refractivity contribution in [2.75, 3.05) is 18.4 Å². The van der Waals surface area contributed by atoms with Crippen LogP contribution >= 0.6 is 0 Å². The lowest BCUT2D eigenvalue weighted by Gasteiger charge is -2.31. The van der Waals surface area contributed by atoms with Gasteiger partial charge in [-0.2, -0.15) is 26.3 Å². The second-order valence-electron chi connectivity index (χ2n) is 10.3. The Balaban J connectivity index is 1.59. The van der Waals surface area contributed by atoms with E-state index in [-0.39, 0.29) is 41.6 Å². The lowest BCUT2D eigenvalue weighted by Crippen LogP contribution is -2.49. The molecule has 2 aromatic rings. The molecule has 1 saturated carbocycles. The lowest BCUT2D eigenvalue weighted by atomic mass is 9.81. The highest BCUT2D eigenvalue weighted by molar-refractivity contribution is 6.01. The highest BCUT2D eigenvalue weighted by Gasteiger charge is 2.36. The van der Waals surface area contributed by atoms with Gasteiger partial charge in [0.2, 0.25) is 12.3 Å². The molecular weight excluding hydrogens is 624 g/mol. The van der Waals surface area contributed by atoms with Crippen LogP contribution in [0.4, 0.5) is 40.8 Å². The van der Waals surface area contributed by atoms with Gasteiger partial charge in [0, 0.05) is 25.4 Å². The highest BCUT2D eigenvalue weighted by atomic mass is 19.4. The molecule has 2 amide bonds. The summed E-state index contributed by atoms with van der Waals surface area (Å²) >= 11 is 0. The van der Waals surface area contributed by atoms with Crippen molar-refractivity contribution in [2.24, 2.45) is 10.9 Å². The van der Waals surface area contributed by atoms with E-state index in [0.29, 0.717) is 17.8 Å². The molecule has 2 N–H and O–H groups in total. The number of hydrogen-bond acceptors (Lipinski definition) is 8. The van der Waals surface area contributed by atoms with E-state index in [1.54, 1.807) is 4.90 Å². The largest absolute Gasteiger partial charge is 0.408 e. The van der Waals surface area contributed by atoms with Gasteiger partial charge in [0.25, 0.3) is 17.9 Å². The second-order valence-corrected chi connectivity index (χ2v) is 10.3. The minimum absolute atomic E-state index is 0.0301. The first kappa shape index (κ1) is 33.5. The third-order valence-corrected chi connectivity index (χ3v) is 7.28. The van der Waals surface area contributed by atoms with Crippen molar-refractivity contribution in [3.8, 4) is 0 Å². The Morgan fingerprint density at radius 2 is 1.87 bits per heavy atom. The van der Waals surface area contributed by atoms with E-state index in [2.05, 4.69) is 36.3 Å². The molecule has 2 atom stereocenters. The van der Waals surface area contributed by atoms with Crippen molar-refractivity contribution in [2.45, 2.75) is 70.3 Å². The number of aromatic nitrogens is 6. The van der Waals surface area contributed by atoms with Crippen LogP contribution in [0.5, 0.6) is 0 Å². The van der Waals surface area contributed by atoms with Gasteiger partial charge in [-0.1, -0.05) is 0 Å². The standard InChI is InChI=1S/C25H28F8N10O2/c1-2-41-8-7-34-16(10-41)23(44)36-19(13-3-5-14(6-4-13)20(28)29)24(45)35-15-11-42(38-21(15)30)17(9-18(26)27)22-37-39-40-43(22)12-25(31,32)33/h7,10-11,13,17-19H,2-6,8-9,12H2,1H3,(H,35,45)(H,36,44). The van der Waals surface area contributed by atoms with E-state index >= 15 is 0 Å². The van der Waals surface area contributed by atoms with Crippen LogP contribution in [-0.4, -0.2) is 84.6 Å². The molecule has 1 fully saturated rings. The van der Waals surface area contributed by atoms with Crippen LogP contribution in [0.1, 0.15) is 50.9 Å². The SMILES string of the molecule is CCN1C=C(C(=O)NC(C(=O)Nc2cn(C(CC(F)F)c3nnnn3CC(F)(F)F)nc2F)C2CCC(=C(F)F)CC2)N=CC1. The number of nitrogens with one attached hydrogen (secondary N) is 2. The first-order valence-corrected chi connectivity index (χ1v) is 13.7. The molecule has 2 aromatic heterocycles. The third kappa shape index (κ3) is 8.62. The van der Waals surface area contributed by atoms with Crippen molar-refractivity contribution in [1.82, 2.24) is 40.2 Å². The van der Waals surface area contributed by atoms with Crippen LogP contribution in [0.15, 0.2) is 34.7 Å². The van der Waals surface area contributed by atoms with Gasteiger partial charge in [0.15, 0.2) is 5.82 Å². The van der Waals surface area contributed by atoms with E-state index in [1.807, 2.05) is 6.92 Å². The predicted octanol–water partition coefficient (Wildman–Crippen LogP) is 3.83. The van der Waals surface area contributed by atoms with Gasteiger partial charge in [-0.05, 0) is 54.5 Å². The number of hydrogen-bond donors (Lipinski definition) is 2. The quantitative estimate of drug-likeness (QED) is 0.353. The molecule has 3 heterocycles. The second kappa shape index (κ2) is 14.1. The van der Waals surface area contributed by atoms with E-state index in [0.717, 1.165) is 6.20 Å². The van der Waals surface area contributed by atoms with Crippen LogP contribution in [0.25, 0.3) is 0 Å². The van der Waals surface area contributed by atoms with Crippen molar-refractivity contribution in [3.63, 3.8) is 0 Å². The smallest absolute Gasteiger partial charge is 0.370 e. The number of halogens is 8. The summed E-state index contributed by atoms with van der Waals surface area (Å²) < 4.78 is 108. The number of carbonyl (C=O) groups excluding carboxylic acids is 2. The van der Waals surface area contributed by atoms with Gasteiger partial charge < -0.3 is 15.5 Å². The van der Waals surface area contributed by atoms with Crippen LogP contribution in [0, 0.1) is 11.9 Å². The maximum Gasteiger partial charge on any atom is 0.408 e. The van der Waals surface area contributed by atoms with Gasteiger partial charge in [-0.25, -0.2) is 13.5 Å². The van der Waals surface area contributed by atoms with Gasteiger partial charge in [0.1, 0.15) is 30.0 Å². The Morgan fingerprint density at radius 3 is 2.49 bits per heavy atom. The Labute approximate surface area is 250 Å². The zero-order valence-corrected chi connectivity index (χ0v) is 23.6. The van der Waals surface area contributed by atoms with Crippen molar-refractivity contribution < 1.29 is 44.7 Å². The summed E-state index contributed by atoms with van der Waals surface area (Å²) in [5.41, 5.74) is -0.760. The van der Waals surface area contributed by atoms with Crippen LogP contribution in [0.3, 0.4) is 0 Å². The number of amides is 2. The highest BCUT2D eigenvalue weighted by Crippen LogP contribution is 2.34. The van der Waals surface area contributed by atoms with E-state index in [1.165, 1.54) is 12.4 Å². The van der Waals surface area contributed by atoms with Crippen molar-refractivity contribution in [3.05, 3.63) is 41.5 Å². The maximum absolute atomic E-state index is 15.0. The molecule has 0 spiro atoms. The summed E-state index contributed by atoms with van der Waals surface area (Å²) in [5, 5.41) is 17.9. The predicted molar refractivity (Wildman–Crippen MR) is 140 cm³/mol. The molecule has 1 aliphatic carbocycles. The maximum atomic E-state index is 15.0. The van der Waals surface area contributed by atoms with Gasteiger partial charge in [0.05, 0.1) is 12.7 Å². The van der Waals surface area contributed by atoms with E-state index in [9.17, 15) is 44.7 Å². The first-order valence-electron chi connectivity index (χ1n) is 13.7.